The molecule has 0 saturated carbocycles. The summed E-state index contributed by atoms with van der Waals surface area (Å²) in [6.45, 7) is 2.72. The van der Waals surface area contributed by atoms with E-state index >= 15 is 0 Å². The van der Waals surface area contributed by atoms with Crippen molar-refractivity contribution in [3.05, 3.63) is 53.7 Å². The fourth-order valence-corrected chi connectivity index (χ4v) is 3.23. The quantitative estimate of drug-likeness (QED) is 0.305. The van der Waals surface area contributed by atoms with Gasteiger partial charge in [0.15, 0.2) is 5.96 Å². The number of hydrogen-bond acceptors (Lipinski definition) is 4. The lowest BCUT2D eigenvalue weighted by atomic mass is 10.2. The first-order valence-electron chi connectivity index (χ1n) is 9.90. The van der Waals surface area contributed by atoms with Crippen LogP contribution >= 0.6 is 24.0 Å². The van der Waals surface area contributed by atoms with Gasteiger partial charge < -0.3 is 20.3 Å². The van der Waals surface area contributed by atoms with Gasteiger partial charge in [-0.1, -0.05) is 18.2 Å². The highest BCUT2D eigenvalue weighted by molar-refractivity contribution is 14.0. The lowest BCUT2D eigenvalue weighted by molar-refractivity contribution is -0.0504. The molecule has 164 valence electrons. The lowest BCUT2D eigenvalue weighted by Gasteiger charge is -2.17. The monoisotopic (exact) mass is 531 g/mol. The summed E-state index contributed by atoms with van der Waals surface area (Å²) in [7, 11) is 0. The van der Waals surface area contributed by atoms with Crippen molar-refractivity contribution in [2.45, 2.75) is 39.5 Å². The zero-order valence-electron chi connectivity index (χ0n) is 17.0. The fourth-order valence-electron chi connectivity index (χ4n) is 3.23. The maximum absolute atomic E-state index is 12.6. The summed E-state index contributed by atoms with van der Waals surface area (Å²) in [6, 6.07) is 10.8. The Balaban J connectivity index is 0.00000320. The number of nitrogens with one attached hydrogen (secondary N) is 2. The number of aliphatic imine (C=N–C) groups is 1. The minimum atomic E-state index is -2.85. The molecule has 6 nitrogen and oxygen atoms in total. The number of halogens is 3. The molecule has 1 aliphatic heterocycles. The summed E-state index contributed by atoms with van der Waals surface area (Å²) in [5, 5.41) is 6.36. The Labute approximate surface area is 193 Å². The van der Waals surface area contributed by atoms with Crippen molar-refractivity contribution in [3.8, 4) is 5.75 Å². The number of alkyl halides is 2. The first-order valence-corrected chi connectivity index (χ1v) is 9.90. The van der Waals surface area contributed by atoms with E-state index in [1.165, 1.54) is 18.9 Å². The Bertz CT molecular complexity index is 815. The molecule has 0 amide bonds. The third kappa shape index (κ3) is 7.26. The van der Waals surface area contributed by atoms with Gasteiger partial charge in [-0.15, -0.1) is 24.0 Å². The minimum absolute atomic E-state index is 0. The average Bonchev–Trinajstić information content (AvgIpc) is 3.26. The number of ether oxygens (including phenoxy) is 1. The largest absolute Gasteiger partial charge is 0.434 e. The van der Waals surface area contributed by atoms with Crippen LogP contribution in [-0.2, 0) is 13.1 Å². The summed E-state index contributed by atoms with van der Waals surface area (Å²) in [5.74, 6) is 1.76. The first kappa shape index (κ1) is 24.1. The van der Waals surface area contributed by atoms with Gasteiger partial charge in [0.2, 0.25) is 0 Å². The van der Waals surface area contributed by atoms with Crippen LogP contribution in [0.1, 0.15) is 30.9 Å². The molecular weight excluding hydrogens is 503 g/mol. The van der Waals surface area contributed by atoms with Crippen LogP contribution in [0.5, 0.6) is 5.75 Å². The molecule has 9 heteroatoms. The Morgan fingerprint density at radius 2 is 1.97 bits per heavy atom. The second-order valence-corrected chi connectivity index (χ2v) is 6.75. The van der Waals surface area contributed by atoms with Crippen LogP contribution in [0, 0.1) is 0 Å². The molecule has 0 aliphatic carbocycles. The number of benzene rings is 1. The third-order valence-electron chi connectivity index (χ3n) is 4.64. The van der Waals surface area contributed by atoms with E-state index < -0.39 is 6.61 Å². The van der Waals surface area contributed by atoms with Gasteiger partial charge in [0.1, 0.15) is 11.6 Å². The number of aromatic nitrogens is 1. The molecule has 0 atom stereocenters. The minimum Gasteiger partial charge on any atom is -0.434 e. The van der Waals surface area contributed by atoms with Crippen molar-refractivity contribution in [1.29, 1.82) is 0 Å². The second-order valence-electron chi connectivity index (χ2n) is 6.75. The van der Waals surface area contributed by atoms with Crippen molar-refractivity contribution in [3.63, 3.8) is 0 Å². The Morgan fingerprint density at radius 3 is 2.70 bits per heavy atom. The SMILES string of the molecule is CCNC(=NCc1ccnc(N2CCCC2)c1)NCc1ccccc1OC(F)F.I. The van der Waals surface area contributed by atoms with Crippen LogP contribution in [0.15, 0.2) is 47.6 Å². The van der Waals surface area contributed by atoms with E-state index in [4.69, 9.17) is 0 Å². The van der Waals surface area contributed by atoms with E-state index in [1.807, 2.05) is 19.2 Å². The number of nitrogens with zero attached hydrogens (tertiary/aromatic N) is 3. The van der Waals surface area contributed by atoms with Crippen LogP contribution in [0.25, 0.3) is 0 Å². The Morgan fingerprint density at radius 1 is 1.20 bits per heavy atom. The van der Waals surface area contributed by atoms with Gasteiger partial charge in [0.05, 0.1) is 6.54 Å². The van der Waals surface area contributed by atoms with Crippen molar-refractivity contribution >= 4 is 35.8 Å². The standard InChI is InChI=1S/C21H27F2N5O.HI/c1-2-24-21(27-15-17-7-3-4-8-18(17)29-20(22)23)26-14-16-9-10-25-19(13-16)28-11-5-6-12-28;/h3-4,7-10,13,20H,2,5-6,11-12,14-15H2,1H3,(H2,24,26,27);1H. The molecule has 3 rings (SSSR count). The van der Waals surface area contributed by atoms with Crippen LogP contribution in [0.2, 0.25) is 0 Å². The second kappa shape index (κ2) is 12.5. The first-order chi connectivity index (χ1) is 14.2. The summed E-state index contributed by atoms with van der Waals surface area (Å²) in [6.07, 6.45) is 4.22. The van der Waals surface area contributed by atoms with Crippen molar-refractivity contribution in [2.75, 3.05) is 24.5 Å². The number of para-hydroxylation sites is 1. The number of hydrogen-bond donors (Lipinski definition) is 2. The number of guanidine groups is 1. The maximum Gasteiger partial charge on any atom is 0.387 e. The van der Waals surface area contributed by atoms with Crippen LogP contribution in [-0.4, -0.2) is 37.2 Å². The molecule has 1 fully saturated rings. The lowest BCUT2D eigenvalue weighted by Crippen LogP contribution is -2.36. The molecule has 2 aromatic rings. The molecule has 0 radical (unpaired) electrons. The molecule has 30 heavy (non-hydrogen) atoms. The van der Waals surface area contributed by atoms with E-state index in [-0.39, 0.29) is 29.7 Å². The maximum atomic E-state index is 12.6. The van der Waals surface area contributed by atoms with E-state index in [2.05, 4.69) is 36.3 Å². The normalized spacial score (nSPS) is 13.9. The number of pyridine rings is 1. The van der Waals surface area contributed by atoms with Crippen LogP contribution < -0.4 is 20.3 Å². The predicted molar refractivity (Wildman–Crippen MR) is 126 cm³/mol. The zero-order valence-corrected chi connectivity index (χ0v) is 19.3. The molecule has 2 N–H and O–H groups in total. The molecule has 0 spiro atoms. The number of anilines is 1. The van der Waals surface area contributed by atoms with Gasteiger partial charge in [-0.05, 0) is 43.5 Å². The molecule has 1 aromatic heterocycles. The van der Waals surface area contributed by atoms with Crippen molar-refractivity contribution in [1.82, 2.24) is 15.6 Å². The van der Waals surface area contributed by atoms with Gasteiger partial charge in [0, 0.05) is 37.9 Å². The summed E-state index contributed by atoms with van der Waals surface area (Å²) in [4.78, 5) is 11.4. The van der Waals surface area contributed by atoms with Gasteiger partial charge in [-0.3, -0.25) is 0 Å². The summed E-state index contributed by atoms with van der Waals surface area (Å²) in [5.41, 5.74) is 1.71. The average molecular weight is 531 g/mol. The van der Waals surface area contributed by atoms with E-state index in [0.29, 0.717) is 31.2 Å². The van der Waals surface area contributed by atoms with E-state index in [1.54, 1.807) is 18.2 Å². The molecule has 2 heterocycles. The molecule has 1 saturated heterocycles. The van der Waals surface area contributed by atoms with E-state index in [0.717, 1.165) is 24.5 Å². The highest BCUT2D eigenvalue weighted by atomic mass is 127. The predicted octanol–water partition coefficient (Wildman–Crippen LogP) is 4.16. The molecule has 1 aliphatic rings. The Hall–Kier alpha value is -2.17. The highest BCUT2D eigenvalue weighted by Crippen LogP contribution is 2.20. The zero-order chi connectivity index (χ0) is 20.5. The topological polar surface area (TPSA) is 61.8 Å². The number of rotatable bonds is 8. The molecule has 0 unspecified atom stereocenters. The Kier molecular flexibility index (Phi) is 10.0. The van der Waals surface area contributed by atoms with E-state index in [9.17, 15) is 8.78 Å². The molecule has 1 aromatic carbocycles. The fraction of sp³-hybridized carbons (Fsp3) is 0.429. The molecule has 0 bridgehead atoms. The van der Waals surface area contributed by atoms with Gasteiger partial charge in [-0.25, -0.2) is 9.98 Å². The van der Waals surface area contributed by atoms with Crippen molar-refractivity contribution in [2.24, 2.45) is 4.99 Å². The van der Waals surface area contributed by atoms with Gasteiger partial charge >= 0.3 is 6.61 Å². The van der Waals surface area contributed by atoms with Gasteiger partial charge in [0.25, 0.3) is 0 Å². The van der Waals surface area contributed by atoms with Gasteiger partial charge in [-0.2, -0.15) is 8.78 Å². The van der Waals surface area contributed by atoms with Crippen LogP contribution in [0.4, 0.5) is 14.6 Å². The summed E-state index contributed by atoms with van der Waals surface area (Å²) >= 11 is 0. The van der Waals surface area contributed by atoms with Crippen LogP contribution in [0.3, 0.4) is 0 Å². The molecular formula is C21H28F2IN5O. The smallest absolute Gasteiger partial charge is 0.387 e. The summed E-state index contributed by atoms with van der Waals surface area (Å²) < 4.78 is 29.8. The highest BCUT2D eigenvalue weighted by Gasteiger charge is 2.13. The van der Waals surface area contributed by atoms with Crippen molar-refractivity contribution < 1.29 is 13.5 Å². The third-order valence-corrected chi connectivity index (χ3v) is 4.64.